The highest BCUT2D eigenvalue weighted by Gasteiger charge is 2.30. The molecule has 1 aromatic rings. The van der Waals surface area contributed by atoms with Gasteiger partial charge in [0.15, 0.2) is 0 Å². The van der Waals surface area contributed by atoms with Crippen molar-refractivity contribution in [1.29, 1.82) is 0 Å². The van der Waals surface area contributed by atoms with E-state index in [4.69, 9.17) is 5.73 Å². The third kappa shape index (κ3) is 5.42. The van der Waals surface area contributed by atoms with Gasteiger partial charge in [-0.1, -0.05) is 0 Å². The van der Waals surface area contributed by atoms with Crippen molar-refractivity contribution in [2.24, 2.45) is 0 Å². The van der Waals surface area contributed by atoms with E-state index in [1.807, 2.05) is 0 Å². The van der Waals surface area contributed by atoms with Crippen LogP contribution in [0.3, 0.4) is 0 Å². The Hall–Kier alpha value is -1.92. The number of nitrogens with one attached hydrogen (secondary N) is 2. The number of alkyl halides is 3. The van der Waals surface area contributed by atoms with Crippen molar-refractivity contribution in [2.75, 3.05) is 11.1 Å². The number of carbonyl (C=O) groups excluding carboxylic acids is 1. The second-order valence-electron chi connectivity index (χ2n) is 3.94. The molecule has 0 aromatic heterocycles. The first-order chi connectivity index (χ1) is 8.26. The Labute approximate surface area is 102 Å². The number of nitrogens with two attached hydrogens (primary N) is 1. The quantitative estimate of drug-likeness (QED) is 0.732. The number of urea groups is 1. The van der Waals surface area contributed by atoms with Crippen molar-refractivity contribution >= 4 is 17.4 Å². The number of nitrogen functional groups attached to an aromatic ring is 1. The Balaban J connectivity index is 2.44. The molecule has 7 heteroatoms. The molecule has 0 radical (unpaired) electrons. The predicted octanol–water partition coefficient (Wildman–Crippen LogP) is 2.73. The summed E-state index contributed by atoms with van der Waals surface area (Å²) in [5, 5.41) is 4.61. The van der Waals surface area contributed by atoms with Crippen LogP contribution in [-0.4, -0.2) is 18.2 Å². The highest BCUT2D eigenvalue weighted by molar-refractivity contribution is 5.89. The number of benzene rings is 1. The van der Waals surface area contributed by atoms with Gasteiger partial charge in [0.05, 0.1) is 6.42 Å². The van der Waals surface area contributed by atoms with E-state index in [9.17, 15) is 18.0 Å². The standard InChI is InChI=1S/C11H14F3N3O/c1-7(6-11(12,13)14)16-10(18)17-9-4-2-8(15)3-5-9/h2-5,7H,6,15H2,1H3,(H2,16,17,18). The Morgan fingerprint density at radius 2 is 1.89 bits per heavy atom. The first-order valence-electron chi connectivity index (χ1n) is 5.26. The minimum absolute atomic E-state index is 0.459. The summed E-state index contributed by atoms with van der Waals surface area (Å²) in [5.74, 6) is 0. The molecule has 0 saturated heterocycles. The average Bonchev–Trinajstić information content (AvgIpc) is 2.18. The molecule has 0 aliphatic rings. The van der Waals surface area contributed by atoms with Crippen LogP contribution < -0.4 is 16.4 Å². The van der Waals surface area contributed by atoms with Gasteiger partial charge in [-0.15, -0.1) is 0 Å². The van der Waals surface area contributed by atoms with Gasteiger partial charge in [-0.2, -0.15) is 13.2 Å². The maximum absolute atomic E-state index is 12.0. The van der Waals surface area contributed by atoms with Crippen molar-refractivity contribution in [3.05, 3.63) is 24.3 Å². The zero-order valence-corrected chi connectivity index (χ0v) is 9.71. The molecule has 1 rings (SSSR count). The second-order valence-corrected chi connectivity index (χ2v) is 3.94. The summed E-state index contributed by atoms with van der Waals surface area (Å²) >= 11 is 0. The summed E-state index contributed by atoms with van der Waals surface area (Å²) in [5.41, 5.74) is 6.45. The maximum atomic E-state index is 12.0. The Kier molecular flexibility index (Phi) is 4.41. The Morgan fingerprint density at radius 3 is 2.39 bits per heavy atom. The summed E-state index contributed by atoms with van der Waals surface area (Å²) in [6, 6.07) is 4.60. The normalized spacial score (nSPS) is 12.9. The molecule has 4 N–H and O–H groups in total. The van der Waals surface area contributed by atoms with Crippen LogP contribution in [0.15, 0.2) is 24.3 Å². The van der Waals surface area contributed by atoms with Gasteiger partial charge in [0.25, 0.3) is 0 Å². The van der Waals surface area contributed by atoms with Crippen molar-refractivity contribution in [3.8, 4) is 0 Å². The monoisotopic (exact) mass is 261 g/mol. The number of hydrogen-bond donors (Lipinski definition) is 3. The highest BCUT2D eigenvalue weighted by Crippen LogP contribution is 2.21. The first kappa shape index (κ1) is 14.1. The van der Waals surface area contributed by atoms with E-state index in [-0.39, 0.29) is 0 Å². The molecule has 1 aromatic carbocycles. The summed E-state index contributed by atoms with van der Waals surface area (Å²) in [7, 11) is 0. The molecule has 0 heterocycles. The average molecular weight is 261 g/mol. The lowest BCUT2D eigenvalue weighted by atomic mass is 10.2. The Bertz CT molecular complexity index is 403. The van der Waals surface area contributed by atoms with Gasteiger partial charge in [-0.05, 0) is 31.2 Å². The summed E-state index contributed by atoms with van der Waals surface area (Å²) in [6.45, 7) is 1.29. The van der Waals surface area contributed by atoms with E-state index in [0.29, 0.717) is 11.4 Å². The molecule has 0 fully saturated rings. The van der Waals surface area contributed by atoms with Crippen LogP contribution in [0.25, 0.3) is 0 Å². The van der Waals surface area contributed by atoms with E-state index in [1.54, 1.807) is 24.3 Å². The van der Waals surface area contributed by atoms with Crippen LogP contribution in [0.1, 0.15) is 13.3 Å². The molecule has 100 valence electrons. The first-order valence-corrected chi connectivity index (χ1v) is 5.26. The zero-order valence-electron chi connectivity index (χ0n) is 9.71. The molecular weight excluding hydrogens is 247 g/mol. The van der Waals surface area contributed by atoms with Crippen LogP contribution in [0.5, 0.6) is 0 Å². The third-order valence-electron chi connectivity index (χ3n) is 2.08. The fourth-order valence-electron chi connectivity index (χ4n) is 1.36. The lowest BCUT2D eigenvalue weighted by Crippen LogP contribution is -2.38. The topological polar surface area (TPSA) is 67.2 Å². The number of anilines is 2. The summed E-state index contributed by atoms with van der Waals surface area (Å²) < 4.78 is 36.1. The smallest absolute Gasteiger partial charge is 0.391 e. The van der Waals surface area contributed by atoms with Gasteiger partial charge in [-0.3, -0.25) is 0 Å². The molecule has 0 aliphatic carbocycles. The van der Waals surface area contributed by atoms with Gasteiger partial charge in [0.1, 0.15) is 0 Å². The van der Waals surface area contributed by atoms with Gasteiger partial charge in [0.2, 0.25) is 0 Å². The van der Waals surface area contributed by atoms with Gasteiger partial charge in [-0.25, -0.2) is 4.79 Å². The van der Waals surface area contributed by atoms with E-state index < -0.39 is 24.7 Å². The fourth-order valence-corrected chi connectivity index (χ4v) is 1.36. The van der Waals surface area contributed by atoms with Crippen molar-refractivity contribution in [1.82, 2.24) is 5.32 Å². The molecule has 0 bridgehead atoms. The van der Waals surface area contributed by atoms with Crippen molar-refractivity contribution in [3.63, 3.8) is 0 Å². The molecule has 1 atom stereocenters. The van der Waals surface area contributed by atoms with Crippen molar-refractivity contribution in [2.45, 2.75) is 25.6 Å². The molecule has 18 heavy (non-hydrogen) atoms. The van der Waals surface area contributed by atoms with E-state index in [2.05, 4.69) is 10.6 Å². The van der Waals surface area contributed by atoms with Crippen LogP contribution in [0, 0.1) is 0 Å². The predicted molar refractivity (Wildman–Crippen MR) is 63.1 cm³/mol. The molecule has 1 unspecified atom stereocenters. The number of carbonyl (C=O) groups is 1. The minimum atomic E-state index is -4.30. The number of hydrogen-bond acceptors (Lipinski definition) is 2. The largest absolute Gasteiger partial charge is 0.399 e. The zero-order chi connectivity index (χ0) is 13.8. The van der Waals surface area contributed by atoms with E-state index >= 15 is 0 Å². The van der Waals surface area contributed by atoms with E-state index in [0.717, 1.165) is 0 Å². The maximum Gasteiger partial charge on any atom is 0.391 e. The van der Waals surface area contributed by atoms with Gasteiger partial charge >= 0.3 is 12.2 Å². The van der Waals surface area contributed by atoms with E-state index in [1.165, 1.54) is 6.92 Å². The second kappa shape index (κ2) is 5.61. The molecule has 0 saturated carbocycles. The summed E-state index contributed by atoms with van der Waals surface area (Å²) in [4.78, 5) is 11.4. The lowest BCUT2D eigenvalue weighted by molar-refractivity contribution is -0.138. The third-order valence-corrected chi connectivity index (χ3v) is 2.08. The number of halogens is 3. The lowest BCUT2D eigenvalue weighted by Gasteiger charge is -2.16. The molecule has 0 spiro atoms. The molecular formula is C11H14F3N3O. The summed E-state index contributed by atoms with van der Waals surface area (Å²) in [6.07, 6.45) is -5.37. The molecule has 2 amide bonds. The van der Waals surface area contributed by atoms with Gasteiger partial charge < -0.3 is 16.4 Å². The minimum Gasteiger partial charge on any atom is -0.399 e. The van der Waals surface area contributed by atoms with Crippen LogP contribution in [0.4, 0.5) is 29.3 Å². The van der Waals surface area contributed by atoms with Crippen LogP contribution >= 0.6 is 0 Å². The molecule has 0 aliphatic heterocycles. The number of amides is 2. The Morgan fingerprint density at radius 1 is 1.33 bits per heavy atom. The fraction of sp³-hybridized carbons (Fsp3) is 0.364. The highest BCUT2D eigenvalue weighted by atomic mass is 19.4. The number of rotatable bonds is 3. The van der Waals surface area contributed by atoms with Crippen molar-refractivity contribution < 1.29 is 18.0 Å². The molecule has 4 nitrogen and oxygen atoms in total. The SMILES string of the molecule is CC(CC(F)(F)F)NC(=O)Nc1ccc(N)cc1. The van der Waals surface area contributed by atoms with Crippen LogP contribution in [-0.2, 0) is 0 Å². The van der Waals surface area contributed by atoms with Crippen LogP contribution in [0.2, 0.25) is 0 Å². The van der Waals surface area contributed by atoms with Gasteiger partial charge in [0, 0.05) is 17.4 Å².